The summed E-state index contributed by atoms with van der Waals surface area (Å²) < 4.78 is 0. The van der Waals surface area contributed by atoms with Gasteiger partial charge in [0.2, 0.25) is 0 Å². The van der Waals surface area contributed by atoms with E-state index in [1.165, 1.54) is 0 Å². The van der Waals surface area contributed by atoms with Gasteiger partial charge >= 0.3 is 5.97 Å². The van der Waals surface area contributed by atoms with Crippen molar-refractivity contribution in [3.63, 3.8) is 0 Å². The second kappa shape index (κ2) is 3.62. The van der Waals surface area contributed by atoms with Crippen molar-refractivity contribution in [2.45, 2.75) is 0 Å². The van der Waals surface area contributed by atoms with Crippen LogP contribution in [0.5, 0.6) is 0 Å². The van der Waals surface area contributed by atoms with Crippen molar-refractivity contribution in [3.8, 4) is 0 Å². The summed E-state index contributed by atoms with van der Waals surface area (Å²) in [6.07, 6.45) is 0. The fourth-order valence-electron chi connectivity index (χ4n) is 0.888. The highest BCUT2D eigenvalue weighted by Gasteiger charge is 2.08. The summed E-state index contributed by atoms with van der Waals surface area (Å²) >= 11 is 0. The first-order valence-corrected chi connectivity index (χ1v) is 3.67. The maximum absolute atomic E-state index is 10.5. The molecule has 13 heavy (non-hydrogen) atoms. The molecule has 0 amide bonds. The lowest BCUT2D eigenvalue weighted by molar-refractivity contribution is -0.132. The minimum atomic E-state index is -1.21. The Morgan fingerprint density at radius 2 is 1.69 bits per heavy atom. The first-order valence-electron chi connectivity index (χ1n) is 3.67. The van der Waals surface area contributed by atoms with Gasteiger partial charge in [-0.1, -0.05) is 30.3 Å². The van der Waals surface area contributed by atoms with E-state index in [-0.39, 0.29) is 11.4 Å². The summed E-state index contributed by atoms with van der Waals surface area (Å²) in [6.45, 7) is 0. The molecule has 0 aliphatic carbocycles. The van der Waals surface area contributed by atoms with E-state index in [2.05, 4.69) is 0 Å². The Kier molecular flexibility index (Phi) is 2.54. The Bertz CT molecular complexity index is 344. The third-order valence-corrected chi connectivity index (χ3v) is 1.61. The van der Waals surface area contributed by atoms with Gasteiger partial charge in [0.1, 0.15) is 5.70 Å². The maximum Gasteiger partial charge on any atom is 0.353 e. The summed E-state index contributed by atoms with van der Waals surface area (Å²) in [6, 6.07) is 8.73. The fraction of sp³-hybridized carbons (Fsp3) is 0. The highest BCUT2D eigenvalue weighted by molar-refractivity contribution is 5.94. The van der Waals surface area contributed by atoms with E-state index >= 15 is 0 Å². The molecule has 0 aliphatic rings. The largest absolute Gasteiger partial charge is 0.477 e. The van der Waals surface area contributed by atoms with Gasteiger partial charge in [-0.15, -0.1) is 0 Å². The molecule has 0 radical (unpaired) electrons. The predicted octanol–water partition coefficient (Wildman–Crippen LogP) is 0.357. The number of benzene rings is 1. The van der Waals surface area contributed by atoms with E-state index in [4.69, 9.17) is 16.6 Å². The summed E-state index contributed by atoms with van der Waals surface area (Å²) in [4.78, 5) is 10.5. The SMILES string of the molecule is NC(C(=O)O)=C(N)c1ccccc1. The molecule has 68 valence electrons. The van der Waals surface area contributed by atoms with E-state index in [1.807, 2.05) is 6.07 Å². The number of hydrogen-bond acceptors (Lipinski definition) is 3. The van der Waals surface area contributed by atoms with E-state index in [0.717, 1.165) is 0 Å². The Morgan fingerprint density at radius 3 is 2.15 bits per heavy atom. The molecule has 0 bridgehead atoms. The van der Waals surface area contributed by atoms with Crippen LogP contribution >= 0.6 is 0 Å². The van der Waals surface area contributed by atoms with Gasteiger partial charge in [-0.05, 0) is 5.56 Å². The summed E-state index contributed by atoms with van der Waals surface area (Å²) in [5, 5.41) is 8.55. The van der Waals surface area contributed by atoms with Crippen molar-refractivity contribution in [2.24, 2.45) is 11.5 Å². The van der Waals surface area contributed by atoms with Crippen LogP contribution < -0.4 is 11.5 Å². The van der Waals surface area contributed by atoms with Crippen molar-refractivity contribution in [1.82, 2.24) is 0 Å². The molecule has 0 aromatic heterocycles. The number of carboxylic acids is 1. The van der Waals surface area contributed by atoms with Crippen molar-refractivity contribution in [2.75, 3.05) is 0 Å². The fourth-order valence-corrected chi connectivity index (χ4v) is 0.888. The quantitative estimate of drug-likeness (QED) is 0.570. The molecule has 5 N–H and O–H groups in total. The van der Waals surface area contributed by atoms with Crippen molar-refractivity contribution in [1.29, 1.82) is 0 Å². The highest BCUT2D eigenvalue weighted by Crippen LogP contribution is 2.09. The smallest absolute Gasteiger partial charge is 0.353 e. The Balaban J connectivity index is 3.11. The molecule has 4 nitrogen and oxygen atoms in total. The van der Waals surface area contributed by atoms with E-state index in [1.54, 1.807) is 24.3 Å². The number of nitrogens with two attached hydrogens (primary N) is 2. The van der Waals surface area contributed by atoms with Gasteiger partial charge in [-0.2, -0.15) is 0 Å². The van der Waals surface area contributed by atoms with E-state index < -0.39 is 5.97 Å². The monoisotopic (exact) mass is 178 g/mol. The van der Waals surface area contributed by atoms with Gasteiger partial charge < -0.3 is 16.6 Å². The molecule has 1 aromatic carbocycles. The minimum Gasteiger partial charge on any atom is -0.477 e. The van der Waals surface area contributed by atoms with Gasteiger partial charge in [-0.25, -0.2) is 4.79 Å². The number of carboxylic acid groups (broad SMARTS) is 1. The molecule has 0 atom stereocenters. The topological polar surface area (TPSA) is 89.3 Å². The first-order chi connectivity index (χ1) is 6.13. The van der Waals surface area contributed by atoms with Crippen LogP contribution in [0.1, 0.15) is 5.56 Å². The lowest BCUT2D eigenvalue weighted by Gasteiger charge is -2.02. The Hall–Kier alpha value is -1.97. The number of hydrogen-bond donors (Lipinski definition) is 3. The number of rotatable bonds is 2. The van der Waals surface area contributed by atoms with Crippen LogP contribution in [0.15, 0.2) is 36.0 Å². The van der Waals surface area contributed by atoms with E-state index in [9.17, 15) is 4.79 Å². The van der Waals surface area contributed by atoms with Gasteiger partial charge in [-0.3, -0.25) is 0 Å². The van der Waals surface area contributed by atoms with E-state index in [0.29, 0.717) is 5.56 Å². The molecule has 0 saturated carbocycles. The first kappa shape index (κ1) is 9.12. The molecule has 0 spiro atoms. The van der Waals surface area contributed by atoms with Crippen LogP contribution in [0.4, 0.5) is 0 Å². The normalized spacial score (nSPS) is 12.0. The third kappa shape index (κ3) is 1.99. The molecule has 1 rings (SSSR count). The van der Waals surface area contributed by atoms with Gasteiger partial charge in [0.05, 0.1) is 5.70 Å². The second-order valence-electron chi connectivity index (χ2n) is 2.50. The lowest BCUT2D eigenvalue weighted by atomic mass is 10.1. The molecular weight excluding hydrogens is 168 g/mol. The zero-order valence-corrected chi connectivity index (χ0v) is 6.90. The summed E-state index contributed by atoms with van der Waals surface area (Å²) in [7, 11) is 0. The van der Waals surface area contributed by atoms with Crippen molar-refractivity contribution in [3.05, 3.63) is 41.6 Å². The number of aliphatic carboxylic acids is 1. The van der Waals surface area contributed by atoms with Crippen LogP contribution in [-0.4, -0.2) is 11.1 Å². The summed E-state index contributed by atoms with van der Waals surface area (Å²) in [5.74, 6) is -1.21. The molecule has 4 heteroatoms. The summed E-state index contributed by atoms with van der Waals surface area (Å²) in [5.41, 5.74) is 11.1. The van der Waals surface area contributed by atoms with Crippen LogP contribution in [0.2, 0.25) is 0 Å². The Morgan fingerprint density at radius 1 is 1.15 bits per heavy atom. The minimum absolute atomic E-state index is 0.0908. The van der Waals surface area contributed by atoms with Crippen molar-refractivity contribution >= 4 is 11.7 Å². The standard InChI is InChI=1S/C9H10N2O2/c10-7(8(11)9(12)13)6-4-2-1-3-5-6/h1-5H,10-11H2,(H,12,13). The molecule has 0 saturated heterocycles. The maximum atomic E-state index is 10.5. The molecule has 0 aliphatic heterocycles. The predicted molar refractivity (Wildman–Crippen MR) is 49.4 cm³/mol. The molecule has 0 heterocycles. The lowest BCUT2D eigenvalue weighted by Crippen LogP contribution is -2.16. The molecular formula is C9H10N2O2. The average molecular weight is 178 g/mol. The zero-order chi connectivity index (χ0) is 9.84. The van der Waals surface area contributed by atoms with Crippen LogP contribution in [0, 0.1) is 0 Å². The number of carbonyl (C=O) groups is 1. The molecule has 1 aromatic rings. The van der Waals surface area contributed by atoms with Crippen LogP contribution in [0.25, 0.3) is 5.70 Å². The second-order valence-corrected chi connectivity index (χ2v) is 2.50. The van der Waals surface area contributed by atoms with Gasteiger partial charge in [0, 0.05) is 0 Å². The van der Waals surface area contributed by atoms with Crippen LogP contribution in [-0.2, 0) is 4.79 Å². The zero-order valence-electron chi connectivity index (χ0n) is 6.90. The van der Waals surface area contributed by atoms with Crippen LogP contribution in [0.3, 0.4) is 0 Å². The van der Waals surface area contributed by atoms with Crippen molar-refractivity contribution < 1.29 is 9.90 Å². The third-order valence-electron chi connectivity index (χ3n) is 1.61. The Labute approximate surface area is 75.5 Å². The molecule has 0 fully saturated rings. The highest BCUT2D eigenvalue weighted by atomic mass is 16.4. The molecule has 0 unspecified atom stereocenters. The van der Waals surface area contributed by atoms with Gasteiger partial charge in [0.25, 0.3) is 0 Å². The van der Waals surface area contributed by atoms with Gasteiger partial charge in [0.15, 0.2) is 0 Å². The average Bonchev–Trinajstić information content (AvgIpc) is 2.17.